The molecule has 2 aliphatic rings. The molecular formula is C22H29FN4OS. The van der Waals surface area contributed by atoms with Crippen molar-refractivity contribution in [1.82, 2.24) is 19.4 Å². The topological polar surface area (TPSA) is 41.4 Å². The van der Waals surface area contributed by atoms with Crippen molar-refractivity contribution in [3.05, 3.63) is 63.6 Å². The SMILES string of the molecule is CSCCN(C)Cc1ccc2n(c1=O)C[C@H]1C[C@@H]2CN(Cc2cncc(F)c2)C1. The van der Waals surface area contributed by atoms with Crippen LogP contribution in [0.25, 0.3) is 0 Å². The Bertz CT molecular complexity index is 918. The maximum atomic E-state index is 13.5. The Labute approximate surface area is 175 Å². The summed E-state index contributed by atoms with van der Waals surface area (Å²) >= 11 is 1.83. The standard InChI is InChI=1S/C22H29FN4OS/c1-25(5-6-29-2)14-18-3-4-21-19-7-17(13-27(21)22(18)28)12-26(15-19)11-16-8-20(23)10-24-9-16/h3-4,8-10,17,19H,5-7,11-15H2,1-2H3/t17-,19+/m0/s1. The van der Waals surface area contributed by atoms with Gasteiger partial charge in [-0.2, -0.15) is 11.8 Å². The van der Waals surface area contributed by atoms with Crippen LogP contribution in [0.4, 0.5) is 4.39 Å². The third kappa shape index (κ3) is 4.73. The first-order valence-electron chi connectivity index (χ1n) is 10.3. The zero-order chi connectivity index (χ0) is 20.4. The van der Waals surface area contributed by atoms with Gasteiger partial charge in [0.1, 0.15) is 5.82 Å². The molecule has 0 amide bonds. The highest BCUT2D eigenvalue weighted by atomic mass is 32.2. The van der Waals surface area contributed by atoms with E-state index in [2.05, 4.69) is 34.2 Å². The van der Waals surface area contributed by atoms with Gasteiger partial charge in [0, 0.05) is 68.4 Å². The molecule has 5 nitrogen and oxygen atoms in total. The lowest BCUT2D eigenvalue weighted by atomic mass is 9.83. The summed E-state index contributed by atoms with van der Waals surface area (Å²) in [7, 11) is 2.08. The highest BCUT2D eigenvalue weighted by Crippen LogP contribution is 2.35. The number of halogens is 1. The van der Waals surface area contributed by atoms with Crippen molar-refractivity contribution >= 4 is 11.8 Å². The number of hydrogen-bond donors (Lipinski definition) is 0. The Morgan fingerprint density at radius 2 is 2.14 bits per heavy atom. The molecule has 2 aromatic rings. The molecule has 0 aromatic carbocycles. The summed E-state index contributed by atoms with van der Waals surface area (Å²) in [6, 6.07) is 5.75. The number of pyridine rings is 2. The van der Waals surface area contributed by atoms with Gasteiger partial charge >= 0.3 is 0 Å². The van der Waals surface area contributed by atoms with Crippen LogP contribution in [0.3, 0.4) is 0 Å². The summed E-state index contributed by atoms with van der Waals surface area (Å²) in [4.78, 5) is 21.7. The number of hydrogen-bond acceptors (Lipinski definition) is 5. The average molecular weight is 417 g/mol. The maximum Gasteiger partial charge on any atom is 0.255 e. The fourth-order valence-electron chi connectivity index (χ4n) is 4.76. The van der Waals surface area contributed by atoms with Crippen molar-refractivity contribution in [2.45, 2.75) is 32.0 Å². The van der Waals surface area contributed by atoms with Gasteiger partial charge in [0.05, 0.1) is 6.20 Å². The van der Waals surface area contributed by atoms with Gasteiger partial charge in [-0.15, -0.1) is 0 Å². The molecule has 0 saturated carbocycles. The minimum absolute atomic E-state index is 0.177. The lowest BCUT2D eigenvalue weighted by Gasteiger charge is -2.43. The molecule has 4 heterocycles. The van der Waals surface area contributed by atoms with Crippen LogP contribution >= 0.6 is 11.8 Å². The van der Waals surface area contributed by atoms with Gasteiger partial charge in [0.2, 0.25) is 0 Å². The van der Waals surface area contributed by atoms with Crippen LogP contribution in [0.5, 0.6) is 0 Å². The largest absolute Gasteiger partial charge is 0.312 e. The molecule has 1 fully saturated rings. The number of likely N-dealkylation sites (tertiary alicyclic amines) is 1. The van der Waals surface area contributed by atoms with Crippen LogP contribution in [-0.4, -0.2) is 58.0 Å². The Morgan fingerprint density at radius 1 is 1.28 bits per heavy atom. The fraction of sp³-hybridized carbons (Fsp3) is 0.545. The number of thioether (sulfide) groups is 1. The van der Waals surface area contributed by atoms with Gasteiger partial charge in [-0.05, 0) is 43.3 Å². The highest BCUT2D eigenvalue weighted by molar-refractivity contribution is 7.98. The summed E-state index contributed by atoms with van der Waals surface area (Å²) in [5.41, 5.74) is 3.13. The van der Waals surface area contributed by atoms with Gasteiger partial charge in [0.25, 0.3) is 5.56 Å². The molecule has 0 radical (unpaired) electrons. The number of fused-ring (bicyclic) bond motifs is 4. The molecule has 0 aliphatic carbocycles. The molecule has 2 aliphatic heterocycles. The third-order valence-corrected chi connectivity index (χ3v) is 6.63. The normalized spacial score (nSPS) is 21.4. The molecule has 1 saturated heterocycles. The van der Waals surface area contributed by atoms with Gasteiger partial charge in [0.15, 0.2) is 0 Å². The smallest absolute Gasteiger partial charge is 0.255 e. The number of rotatable bonds is 7. The van der Waals surface area contributed by atoms with Crippen molar-refractivity contribution in [2.75, 3.05) is 38.7 Å². The Kier molecular flexibility index (Phi) is 6.37. The van der Waals surface area contributed by atoms with E-state index in [-0.39, 0.29) is 11.4 Å². The highest BCUT2D eigenvalue weighted by Gasteiger charge is 2.34. The van der Waals surface area contributed by atoms with E-state index in [1.54, 1.807) is 12.3 Å². The predicted octanol–water partition coefficient (Wildman–Crippen LogP) is 2.80. The second kappa shape index (κ2) is 8.98. The minimum Gasteiger partial charge on any atom is -0.312 e. The van der Waals surface area contributed by atoms with Crippen LogP contribution < -0.4 is 5.56 Å². The first-order chi connectivity index (χ1) is 14.0. The molecule has 2 bridgehead atoms. The summed E-state index contributed by atoms with van der Waals surface area (Å²) in [5.74, 6) is 1.61. The average Bonchev–Trinajstić information content (AvgIpc) is 2.69. The van der Waals surface area contributed by atoms with Crippen LogP contribution in [-0.2, 0) is 19.6 Å². The monoisotopic (exact) mass is 416 g/mol. The fourth-order valence-corrected chi connectivity index (χ4v) is 5.25. The second-order valence-corrected chi connectivity index (χ2v) is 9.42. The zero-order valence-corrected chi connectivity index (χ0v) is 18.0. The molecule has 0 unspecified atom stereocenters. The van der Waals surface area contributed by atoms with Gasteiger partial charge in [-0.3, -0.25) is 14.7 Å². The molecule has 2 aromatic heterocycles. The molecule has 0 N–H and O–H groups in total. The predicted molar refractivity (Wildman–Crippen MR) is 116 cm³/mol. The van der Waals surface area contributed by atoms with Crippen LogP contribution in [0.2, 0.25) is 0 Å². The van der Waals surface area contributed by atoms with E-state index >= 15 is 0 Å². The summed E-state index contributed by atoms with van der Waals surface area (Å²) < 4.78 is 15.5. The summed E-state index contributed by atoms with van der Waals surface area (Å²) in [6.45, 7) is 5.02. The first kappa shape index (κ1) is 20.6. The quantitative estimate of drug-likeness (QED) is 0.694. The van der Waals surface area contributed by atoms with Crippen molar-refractivity contribution in [1.29, 1.82) is 0 Å². The zero-order valence-electron chi connectivity index (χ0n) is 17.2. The van der Waals surface area contributed by atoms with E-state index in [9.17, 15) is 9.18 Å². The molecule has 0 spiro atoms. The summed E-state index contributed by atoms with van der Waals surface area (Å²) in [5, 5.41) is 0. The lowest BCUT2D eigenvalue weighted by Crippen LogP contribution is -2.47. The van der Waals surface area contributed by atoms with Crippen LogP contribution in [0.1, 0.15) is 29.2 Å². The Morgan fingerprint density at radius 3 is 2.93 bits per heavy atom. The Balaban J connectivity index is 1.49. The molecule has 4 rings (SSSR count). The Hall–Kier alpha value is -1.70. The maximum absolute atomic E-state index is 13.5. The van der Waals surface area contributed by atoms with Crippen molar-refractivity contribution < 1.29 is 4.39 Å². The van der Waals surface area contributed by atoms with Gasteiger partial charge in [-0.25, -0.2) is 4.39 Å². The molecule has 156 valence electrons. The van der Waals surface area contributed by atoms with Crippen molar-refractivity contribution in [2.24, 2.45) is 5.92 Å². The molecule has 29 heavy (non-hydrogen) atoms. The van der Waals surface area contributed by atoms with E-state index in [1.165, 1.54) is 6.20 Å². The van der Waals surface area contributed by atoms with Crippen molar-refractivity contribution in [3.63, 3.8) is 0 Å². The van der Waals surface area contributed by atoms with Gasteiger partial charge < -0.3 is 9.47 Å². The van der Waals surface area contributed by atoms with Crippen LogP contribution in [0, 0.1) is 11.7 Å². The number of piperidine rings is 1. The van der Waals surface area contributed by atoms with Crippen molar-refractivity contribution in [3.8, 4) is 0 Å². The van der Waals surface area contributed by atoms with E-state index in [0.29, 0.717) is 24.9 Å². The third-order valence-electron chi connectivity index (χ3n) is 6.04. The molecule has 2 atom stereocenters. The van der Waals surface area contributed by atoms with Gasteiger partial charge in [-0.1, -0.05) is 6.07 Å². The number of nitrogens with zero attached hydrogens (tertiary/aromatic N) is 4. The van der Waals surface area contributed by atoms with Crippen LogP contribution in [0.15, 0.2) is 35.4 Å². The van der Waals surface area contributed by atoms with E-state index in [4.69, 9.17) is 0 Å². The molecule has 7 heteroatoms. The second-order valence-electron chi connectivity index (χ2n) is 8.43. The minimum atomic E-state index is -0.286. The van der Waals surface area contributed by atoms with E-state index in [0.717, 1.165) is 55.2 Å². The summed E-state index contributed by atoms with van der Waals surface area (Å²) in [6.07, 6.45) is 6.22. The van der Waals surface area contributed by atoms with E-state index < -0.39 is 0 Å². The lowest BCUT2D eigenvalue weighted by molar-refractivity contribution is 0.114. The molecular weight excluding hydrogens is 387 g/mol. The van der Waals surface area contributed by atoms with E-state index in [1.807, 2.05) is 22.4 Å². The first-order valence-corrected chi connectivity index (χ1v) is 11.6. The number of aromatic nitrogens is 2.